The Bertz CT molecular complexity index is 297. The van der Waals surface area contributed by atoms with Crippen molar-refractivity contribution >= 4 is 11.9 Å². The number of carbonyl (C=O) groups excluding carboxylic acids is 1. The quantitative estimate of drug-likeness (QED) is 0.723. The van der Waals surface area contributed by atoms with Crippen LogP contribution in [-0.2, 0) is 14.3 Å². The minimum Gasteiger partial charge on any atom is -0.480 e. The Morgan fingerprint density at radius 2 is 2.00 bits per heavy atom. The van der Waals surface area contributed by atoms with Crippen LogP contribution in [0.4, 0.5) is 0 Å². The van der Waals surface area contributed by atoms with Gasteiger partial charge in [0.2, 0.25) is 5.91 Å². The number of amides is 1. The van der Waals surface area contributed by atoms with E-state index in [9.17, 15) is 9.59 Å². The molecule has 0 unspecified atom stereocenters. The van der Waals surface area contributed by atoms with Gasteiger partial charge in [0, 0.05) is 13.0 Å². The van der Waals surface area contributed by atoms with Crippen LogP contribution in [0.2, 0.25) is 0 Å². The smallest absolute Gasteiger partial charge is 0.326 e. The minimum absolute atomic E-state index is 0.107. The first-order valence-electron chi connectivity index (χ1n) is 6.57. The molecule has 1 atom stereocenters. The lowest BCUT2D eigenvalue weighted by molar-refractivity contribution is -0.143. The van der Waals surface area contributed by atoms with Gasteiger partial charge in [0.25, 0.3) is 0 Å². The maximum Gasteiger partial charge on any atom is 0.326 e. The molecule has 0 bridgehead atoms. The van der Waals surface area contributed by atoms with Gasteiger partial charge in [-0.2, -0.15) is 0 Å². The lowest BCUT2D eigenvalue weighted by Crippen LogP contribution is -2.45. The predicted octanol–water partition coefficient (Wildman–Crippen LogP) is 1.42. The zero-order valence-corrected chi connectivity index (χ0v) is 11.3. The van der Waals surface area contributed by atoms with Crippen LogP contribution in [0.1, 0.15) is 40.0 Å². The summed E-state index contributed by atoms with van der Waals surface area (Å²) >= 11 is 0. The van der Waals surface area contributed by atoms with Gasteiger partial charge in [0.1, 0.15) is 6.04 Å². The molecule has 1 aliphatic rings. The molecular formula is C13H23NO4. The van der Waals surface area contributed by atoms with E-state index in [2.05, 4.69) is 5.32 Å². The summed E-state index contributed by atoms with van der Waals surface area (Å²) in [6.07, 6.45) is 2.50. The van der Waals surface area contributed by atoms with Crippen LogP contribution in [0.3, 0.4) is 0 Å². The van der Waals surface area contributed by atoms with Crippen LogP contribution >= 0.6 is 0 Å². The largest absolute Gasteiger partial charge is 0.480 e. The first kappa shape index (κ1) is 15.0. The van der Waals surface area contributed by atoms with Crippen LogP contribution in [0.15, 0.2) is 0 Å². The number of hydrogen-bond donors (Lipinski definition) is 2. The van der Waals surface area contributed by atoms with Gasteiger partial charge in [0.15, 0.2) is 0 Å². The Morgan fingerprint density at radius 3 is 2.44 bits per heavy atom. The number of nitrogens with one attached hydrogen (secondary N) is 1. The minimum atomic E-state index is -0.973. The fourth-order valence-electron chi connectivity index (χ4n) is 2.22. The monoisotopic (exact) mass is 257 g/mol. The van der Waals surface area contributed by atoms with Gasteiger partial charge in [-0.05, 0) is 31.6 Å². The summed E-state index contributed by atoms with van der Waals surface area (Å²) in [5.74, 6) is -0.914. The Balaban J connectivity index is 2.28. The van der Waals surface area contributed by atoms with Crippen LogP contribution < -0.4 is 5.32 Å². The molecule has 0 saturated heterocycles. The topological polar surface area (TPSA) is 75.6 Å². The van der Waals surface area contributed by atoms with E-state index in [-0.39, 0.29) is 17.9 Å². The number of rotatable bonds is 7. The Kier molecular flexibility index (Phi) is 5.59. The number of ether oxygens (including phenoxy) is 1. The summed E-state index contributed by atoms with van der Waals surface area (Å²) < 4.78 is 5.42. The molecule has 5 heteroatoms. The third-order valence-corrected chi connectivity index (χ3v) is 3.32. The first-order valence-corrected chi connectivity index (χ1v) is 6.57. The average Bonchev–Trinajstić information content (AvgIpc) is 2.22. The molecule has 0 radical (unpaired) electrons. The molecule has 2 N–H and O–H groups in total. The summed E-state index contributed by atoms with van der Waals surface area (Å²) in [7, 11) is 0. The molecule has 1 rings (SSSR count). The summed E-state index contributed by atoms with van der Waals surface area (Å²) in [6.45, 7) is 6.24. The number of carboxylic acid groups (broad SMARTS) is 1. The molecule has 104 valence electrons. The Labute approximate surface area is 108 Å². The van der Waals surface area contributed by atoms with E-state index in [0.717, 1.165) is 12.8 Å². The van der Waals surface area contributed by atoms with E-state index in [1.54, 1.807) is 13.8 Å². The van der Waals surface area contributed by atoms with E-state index < -0.39 is 12.0 Å². The number of hydrogen-bond acceptors (Lipinski definition) is 3. The highest BCUT2D eigenvalue weighted by atomic mass is 16.5. The van der Waals surface area contributed by atoms with Gasteiger partial charge in [0.05, 0.1) is 6.10 Å². The molecule has 0 aliphatic heterocycles. The van der Waals surface area contributed by atoms with Gasteiger partial charge in [-0.15, -0.1) is 0 Å². The lowest BCUT2D eigenvalue weighted by Gasteiger charge is -2.34. The second-order valence-corrected chi connectivity index (χ2v) is 5.25. The number of carboxylic acids is 1. The van der Waals surface area contributed by atoms with Crippen LogP contribution in [0, 0.1) is 11.8 Å². The molecule has 0 aromatic carbocycles. The van der Waals surface area contributed by atoms with Crippen LogP contribution in [0.25, 0.3) is 0 Å². The van der Waals surface area contributed by atoms with Crippen molar-refractivity contribution in [3.05, 3.63) is 0 Å². The first-order chi connectivity index (χ1) is 8.43. The SMILES string of the molecule is CCOC1CC(CC(=O)N[C@H](C(=O)O)C(C)C)C1. The summed E-state index contributed by atoms with van der Waals surface area (Å²) in [4.78, 5) is 22.7. The highest BCUT2D eigenvalue weighted by Gasteiger charge is 2.32. The molecule has 0 aromatic heterocycles. The van der Waals surface area contributed by atoms with E-state index in [1.807, 2.05) is 6.92 Å². The molecule has 1 saturated carbocycles. The number of aliphatic carboxylic acids is 1. The zero-order chi connectivity index (χ0) is 13.7. The van der Waals surface area contributed by atoms with Crippen molar-refractivity contribution in [2.45, 2.75) is 52.2 Å². The second-order valence-electron chi connectivity index (χ2n) is 5.25. The molecule has 1 fully saturated rings. The van der Waals surface area contributed by atoms with Crippen molar-refractivity contribution in [2.24, 2.45) is 11.8 Å². The van der Waals surface area contributed by atoms with Crippen molar-refractivity contribution in [3.8, 4) is 0 Å². The molecule has 1 aliphatic carbocycles. The molecule has 0 aromatic rings. The standard InChI is InChI=1S/C13H23NO4/c1-4-18-10-5-9(6-10)7-11(15)14-12(8(2)3)13(16)17/h8-10,12H,4-7H2,1-3H3,(H,14,15)(H,16,17)/t9?,10?,12-/m0/s1. The highest BCUT2D eigenvalue weighted by Crippen LogP contribution is 2.32. The summed E-state index contributed by atoms with van der Waals surface area (Å²) in [6, 6.07) is -0.791. The van der Waals surface area contributed by atoms with Crippen molar-refractivity contribution < 1.29 is 19.4 Å². The van der Waals surface area contributed by atoms with E-state index in [1.165, 1.54) is 0 Å². The van der Waals surface area contributed by atoms with Crippen LogP contribution in [0.5, 0.6) is 0 Å². The van der Waals surface area contributed by atoms with Crippen molar-refractivity contribution in [1.29, 1.82) is 0 Å². The Morgan fingerprint density at radius 1 is 1.39 bits per heavy atom. The van der Waals surface area contributed by atoms with Gasteiger partial charge in [-0.1, -0.05) is 13.8 Å². The van der Waals surface area contributed by atoms with Crippen LogP contribution in [-0.4, -0.2) is 35.7 Å². The van der Waals surface area contributed by atoms with E-state index in [0.29, 0.717) is 18.9 Å². The average molecular weight is 257 g/mol. The Hall–Kier alpha value is -1.10. The molecular weight excluding hydrogens is 234 g/mol. The summed E-state index contributed by atoms with van der Waals surface area (Å²) in [5, 5.41) is 11.6. The van der Waals surface area contributed by atoms with E-state index in [4.69, 9.17) is 9.84 Å². The molecule has 18 heavy (non-hydrogen) atoms. The summed E-state index contributed by atoms with van der Waals surface area (Å²) in [5.41, 5.74) is 0. The van der Waals surface area contributed by atoms with Crippen molar-refractivity contribution in [3.63, 3.8) is 0 Å². The normalized spacial score (nSPS) is 24.4. The highest BCUT2D eigenvalue weighted by molar-refractivity contribution is 5.83. The fourth-order valence-corrected chi connectivity index (χ4v) is 2.22. The zero-order valence-electron chi connectivity index (χ0n) is 11.3. The number of carbonyl (C=O) groups is 2. The second kappa shape index (κ2) is 6.73. The maximum atomic E-state index is 11.7. The predicted molar refractivity (Wildman–Crippen MR) is 67.2 cm³/mol. The van der Waals surface area contributed by atoms with E-state index >= 15 is 0 Å². The van der Waals surface area contributed by atoms with Crippen molar-refractivity contribution in [2.75, 3.05) is 6.61 Å². The van der Waals surface area contributed by atoms with Gasteiger partial charge < -0.3 is 15.2 Å². The van der Waals surface area contributed by atoms with Gasteiger partial charge in [-0.3, -0.25) is 4.79 Å². The third kappa shape index (κ3) is 4.29. The maximum absolute atomic E-state index is 11.7. The molecule has 1 amide bonds. The molecule has 0 spiro atoms. The molecule has 0 heterocycles. The van der Waals surface area contributed by atoms with Gasteiger partial charge in [-0.25, -0.2) is 4.79 Å². The molecule has 5 nitrogen and oxygen atoms in total. The van der Waals surface area contributed by atoms with Gasteiger partial charge >= 0.3 is 5.97 Å². The third-order valence-electron chi connectivity index (χ3n) is 3.32. The van der Waals surface area contributed by atoms with Crippen molar-refractivity contribution in [1.82, 2.24) is 5.32 Å². The fraction of sp³-hybridized carbons (Fsp3) is 0.846. The lowest BCUT2D eigenvalue weighted by atomic mass is 9.80.